The molecule has 0 fully saturated rings. The van der Waals surface area contributed by atoms with Crippen LogP contribution in [0.3, 0.4) is 0 Å². The van der Waals surface area contributed by atoms with Gasteiger partial charge in [-0.1, -0.05) is 24.3 Å². The Morgan fingerprint density at radius 3 is 2.00 bits per heavy atom. The lowest BCUT2D eigenvalue weighted by atomic mass is 10.1. The maximum absolute atomic E-state index is 11.9. The Hall–Kier alpha value is -3.26. The summed E-state index contributed by atoms with van der Waals surface area (Å²) in [5.74, 6) is 2.19. The number of nitrogens with zero attached hydrogens (tertiary/aromatic N) is 2. The van der Waals surface area contributed by atoms with E-state index in [1.54, 1.807) is 28.3 Å². The fourth-order valence-corrected chi connectivity index (χ4v) is 2.73. The van der Waals surface area contributed by atoms with E-state index in [9.17, 15) is 4.79 Å². The van der Waals surface area contributed by atoms with E-state index in [1.165, 1.54) is 10.5 Å². The van der Waals surface area contributed by atoms with Crippen LogP contribution in [-0.4, -0.2) is 71.3 Å². The molecule has 2 rings (SSSR count). The van der Waals surface area contributed by atoms with Crippen molar-refractivity contribution in [2.24, 2.45) is 4.99 Å². The van der Waals surface area contributed by atoms with Gasteiger partial charge in [-0.2, -0.15) is 0 Å². The lowest BCUT2D eigenvalue weighted by Gasteiger charge is -2.14. The summed E-state index contributed by atoms with van der Waals surface area (Å²) in [7, 11) is 6.73. The molecule has 2 aromatic rings. The van der Waals surface area contributed by atoms with Gasteiger partial charge in [-0.3, -0.25) is 4.79 Å². The number of carbonyl (C=O) groups excluding carboxylic acids is 1. The zero-order chi connectivity index (χ0) is 23.2. The molecule has 0 atom stereocenters. The minimum Gasteiger partial charge on any atom is -0.497 e. The highest BCUT2D eigenvalue weighted by molar-refractivity contribution is 5.84. The van der Waals surface area contributed by atoms with E-state index >= 15 is 0 Å². The summed E-state index contributed by atoms with van der Waals surface area (Å²) >= 11 is 0. The Labute approximate surface area is 190 Å². The minimum atomic E-state index is -0.0583. The van der Waals surface area contributed by atoms with Crippen molar-refractivity contribution < 1.29 is 19.0 Å². The molecule has 0 aliphatic heterocycles. The molecular formula is C24H34N4O4. The molecule has 174 valence electrons. The highest BCUT2D eigenvalue weighted by Gasteiger charge is 2.05. The number of carbonyl (C=O) groups is 1. The van der Waals surface area contributed by atoms with Crippen molar-refractivity contribution in [2.75, 3.05) is 54.6 Å². The number of methoxy groups -OCH3 is 2. The standard InChI is InChI=1S/C24H34N4O4/c1-28(2)23(29)17-27-24(25-14-13-19-5-9-21(30-3)10-6-19)26-15-16-32-18-20-7-11-22(31-4)12-8-20/h5-12H,13-18H2,1-4H3,(H2,25,26,27). The lowest BCUT2D eigenvalue weighted by molar-refractivity contribution is -0.127. The fraction of sp³-hybridized carbons (Fsp3) is 0.417. The molecule has 8 nitrogen and oxygen atoms in total. The van der Waals surface area contributed by atoms with Crippen LogP contribution in [0.5, 0.6) is 11.5 Å². The predicted octanol–water partition coefficient (Wildman–Crippen LogP) is 2.09. The number of hydrogen-bond acceptors (Lipinski definition) is 5. The average Bonchev–Trinajstić information content (AvgIpc) is 2.82. The SMILES string of the molecule is COc1ccc(CCNC(=NCC(=O)N(C)C)NCCOCc2ccc(OC)cc2)cc1. The van der Waals surface area contributed by atoms with Crippen LogP contribution in [0.2, 0.25) is 0 Å². The molecule has 0 aliphatic rings. The lowest BCUT2D eigenvalue weighted by Crippen LogP contribution is -2.41. The van der Waals surface area contributed by atoms with E-state index in [0.29, 0.717) is 32.3 Å². The number of likely N-dealkylation sites (N-methyl/N-ethyl adjacent to an activating group) is 1. The summed E-state index contributed by atoms with van der Waals surface area (Å²) in [6.07, 6.45) is 0.820. The highest BCUT2D eigenvalue weighted by atomic mass is 16.5. The van der Waals surface area contributed by atoms with Gasteiger partial charge >= 0.3 is 0 Å². The van der Waals surface area contributed by atoms with Gasteiger partial charge in [-0.25, -0.2) is 4.99 Å². The Morgan fingerprint density at radius 2 is 1.44 bits per heavy atom. The summed E-state index contributed by atoms with van der Waals surface area (Å²) in [6, 6.07) is 15.7. The first-order chi connectivity index (χ1) is 15.5. The average molecular weight is 443 g/mol. The van der Waals surface area contributed by atoms with E-state index in [-0.39, 0.29) is 12.5 Å². The molecule has 2 aromatic carbocycles. The molecule has 8 heteroatoms. The maximum atomic E-state index is 11.9. The summed E-state index contributed by atoms with van der Waals surface area (Å²) in [6.45, 7) is 2.36. The van der Waals surface area contributed by atoms with Crippen LogP contribution >= 0.6 is 0 Å². The largest absolute Gasteiger partial charge is 0.497 e. The second-order valence-electron chi connectivity index (χ2n) is 7.31. The zero-order valence-corrected chi connectivity index (χ0v) is 19.4. The third kappa shape index (κ3) is 9.26. The topological polar surface area (TPSA) is 84.4 Å². The molecular weight excluding hydrogens is 408 g/mol. The van der Waals surface area contributed by atoms with Gasteiger partial charge in [0.2, 0.25) is 5.91 Å². The molecule has 1 amide bonds. The van der Waals surface area contributed by atoms with E-state index in [0.717, 1.165) is 23.5 Å². The van der Waals surface area contributed by atoms with Crippen LogP contribution in [0.15, 0.2) is 53.5 Å². The van der Waals surface area contributed by atoms with Gasteiger partial charge in [0, 0.05) is 27.2 Å². The molecule has 0 radical (unpaired) electrons. The zero-order valence-electron chi connectivity index (χ0n) is 19.4. The number of nitrogens with one attached hydrogen (secondary N) is 2. The van der Waals surface area contributed by atoms with Gasteiger partial charge in [0.05, 0.1) is 27.4 Å². The van der Waals surface area contributed by atoms with Crippen LogP contribution in [0.25, 0.3) is 0 Å². The Balaban J connectivity index is 1.78. The van der Waals surface area contributed by atoms with Crippen molar-refractivity contribution in [1.82, 2.24) is 15.5 Å². The molecule has 0 heterocycles. The monoisotopic (exact) mass is 442 g/mol. The quantitative estimate of drug-likeness (QED) is 0.298. The fourth-order valence-electron chi connectivity index (χ4n) is 2.73. The minimum absolute atomic E-state index is 0.0583. The van der Waals surface area contributed by atoms with Gasteiger partial charge in [-0.15, -0.1) is 0 Å². The molecule has 32 heavy (non-hydrogen) atoms. The first-order valence-corrected chi connectivity index (χ1v) is 10.6. The molecule has 0 unspecified atom stereocenters. The second kappa shape index (κ2) is 13.9. The third-order valence-electron chi connectivity index (χ3n) is 4.70. The number of hydrogen-bond donors (Lipinski definition) is 2. The smallest absolute Gasteiger partial charge is 0.243 e. The van der Waals surface area contributed by atoms with Crippen LogP contribution < -0.4 is 20.1 Å². The van der Waals surface area contributed by atoms with Crippen LogP contribution in [0.1, 0.15) is 11.1 Å². The van der Waals surface area contributed by atoms with E-state index in [2.05, 4.69) is 15.6 Å². The summed E-state index contributed by atoms with van der Waals surface area (Å²) in [5, 5.41) is 6.51. The van der Waals surface area contributed by atoms with Crippen molar-refractivity contribution in [3.63, 3.8) is 0 Å². The predicted molar refractivity (Wildman–Crippen MR) is 126 cm³/mol. The molecule has 0 aliphatic carbocycles. The van der Waals surface area contributed by atoms with Crippen LogP contribution in [-0.2, 0) is 22.6 Å². The van der Waals surface area contributed by atoms with Crippen molar-refractivity contribution in [3.8, 4) is 11.5 Å². The molecule has 0 saturated carbocycles. The van der Waals surface area contributed by atoms with E-state index < -0.39 is 0 Å². The van der Waals surface area contributed by atoms with E-state index in [4.69, 9.17) is 14.2 Å². The van der Waals surface area contributed by atoms with Gasteiger partial charge in [-0.05, 0) is 41.8 Å². The van der Waals surface area contributed by atoms with E-state index in [1.807, 2.05) is 48.5 Å². The van der Waals surface area contributed by atoms with Crippen LogP contribution in [0, 0.1) is 0 Å². The summed E-state index contributed by atoms with van der Waals surface area (Å²) < 4.78 is 16.1. The van der Waals surface area contributed by atoms with Crippen molar-refractivity contribution in [2.45, 2.75) is 13.0 Å². The highest BCUT2D eigenvalue weighted by Crippen LogP contribution is 2.12. The number of guanidine groups is 1. The number of ether oxygens (including phenoxy) is 3. The number of benzene rings is 2. The molecule has 2 N–H and O–H groups in total. The van der Waals surface area contributed by atoms with Gasteiger partial charge in [0.25, 0.3) is 0 Å². The Morgan fingerprint density at radius 1 is 0.875 bits per heavy atom. The van der Waals surface area contributed by atoms with Gasteiger partial charge in [0.1, 0.15) is 18.0 Å². The van der Waals surface area contributed by atoms with Gasteiger partial charge in [0.15, 0.2) is 5.96 Å². The van der Waals surface area contributed by atoms with Crippen molar-refractivity contribution in [3.05, 3.63) is 59.7 Å². The molecule has 0 spiro atoms. The maximum Gasteiger partial charge on any atom is 0.243 e. The Bertz CT molecular complexity index is 836. The Kier molecular flexibility index (Phi) is 10.9. The van der Waals surface area contributed by atoms with Gasteiger partial charge < -0.3 is 29.7 Å². The first-order valence-electron chi connectivity index (χ1n) is 10.6. The summed E-state index contributed by atoms with van der Waals surface area (Å²) in [5.41, 5.74) is 2.26. The molecule has 0 bridgehead atoms. The van der Waals surface area contributed by atoms with Crippen molar-refractivity contribution in [1.29, 1.82) is 0 Å². The van der Waals surface area contributed by atoms with Crippen LogP contribution in [0.4, 0.5) is 0 Å². The number of rotatable bonds is 12. The second-order valence-corrected chi connectivity index (χ2v) is 7.31. The first kappa shape index (κ1) is 25.0. The number of amides is 1. The molecule has 0 saturated heterocycles. The normalized spacial score (nSPS) is 11.1. The molecule has 0 aromatic heterocycles. The summed E-state index contributed by atoms with van der Waals surface area (Å²) in [4.78, 5) is 17.8. The van der Waals surface area contributed by atoms with Crippen molar-refractivity contribution >= 4 is 11.9 Å². The number of aliphatic imine (C=N–C) groups is 1. The third-order valence-corrected chi connectivity index (χ3v) is 4.70.